The van der Waals surface area contributed by atoms with Crippen LogP contribution in [0.3, 0.4) is 0 Å². The van der Waals surface area contributed by atoms with Gasteiger partial charge in [-0.05, 0) is 11.6 Å². The largest absolute Gasteiger partial charge is 0.355 e. The van der Waals surface area contributed by atoms with Gasteiger partial charge < -0.3 is 5.32 Å². The second-order valence-corrected chi connectivity index (χ2v) is 3.67. The first-order chi connectivity index (χ1) is 7.58. The number of halogens is 1. The maximum Gasteiger partial charge on any atom is 0.304 e. The van der Waals surface area contributed by atoms with Crippen molar-refractivity contribution in [2.45, 2.75) is 12.3 Å². The molecule has 1 amide bonds. The Balaban J connectivity index is 2.27. The van der Waals surface area contributed by atoms with E-state index in [1.165, 1.54) is 6.07 Å². The zero-order valence-corrected chi connectivity index (χ0v) is 8.27. The number of hydrogen-bond acceptors (Lipinski definition) is 3. The molecular formula is C10H9FN2O3. The molecule has 84 valence electrons. The summed E-state index contributed by atoms with van der Waals surface area (Å²) in [5.74, 6) is -1.03. The molecule has 1 aliphatic rings. The number of rotatable bonds is 2. The third-order valence-electron chi connectivity index (χ3n) is 2.62. The number of hydrogen-bond donors (Lipinski definition) is 1. The van der Waals surface area contributed by atoms with Gasteiger partial charge in [-0.1, -0.05) is 6.07 Å². The van der Waals surface area contributed by atoms with Gasteiger partial charge in [0.2, 0.25) is 11.7 Å². The van der Waals surface area contributed by atoms with E-state index in [1.54, 1.807) is 0 Å². The molecule has 1 atom stereocenters. The Labute approximate surface area is 90.4 Å². The minimum absolute atomic E-state index is 0.0799. The molecule has 16 heavy (non-hydrogen) atoms. The van der Waals surface area contributed by atoms with Gasteiger partial charge in [0.15, 0.2) is 0 Å². The fraction of sp³-hybridized carbons (Fsp3) is 0.300. The maximum atomic E-state index is 13.3. The number of carbonyl (C=O) groups is 1. The van der Waals surface area contributed by atoms with Crippen LogP contribution in [-0.4, -0.2) is 17.4 Å². The first-order valence-corrected chi connectivity index (χ1v) is 4.78. The fourth-order valence-electron chi connectivity index (χ4n) is 1.77. The van der Waals surface area contributed by atoms with Gasteiger partial charge in [-0.25, -0.2) is 0 Å². The lowest BCUT2D eigenvalue weighted by atomic mass is 9.98. The van der Waals surface area contributed by atoms with Crippen LogP contribution in [-0.2, 0) is 4.79 Å². The van der Waals surface area contributed by atoms with Crippen molar-refractivity contribution in [1.29, 1.82) is 0 Å². The Morgan fingerprint density at radius 2 is 2.25 bits per heavy atom. The number of nitro groups is 1. The predicted molar refractivity (Wildman–Crippen MR) is 53.4 cm³/mol. The quantitative estimate of drug-likeness (QED) is 0.608. The van der Waals surface area contributed by atoms with Crippen LogP contribution in [0.5, 0.6) is 0 Å². The van der Waals surface area contributed by atoms with E-state index in [-0.39, 0.29) is 11.8 Å². The number of nitro benzene ring substituents is 1. The molecule has 1 heterocycles. The number of carbonyl (C=O) groups excluding carboxylic acids is 1. The molecule has 2 rings (SSSR count). The molecule has 1 aliphatic heterocycles. The van der Waals surface area contributed by atoms with Crippen molar-refractivity contribution in [3.8, 4) is 0 Å². The van der Waals surface area contributed by atoms with E-state index >= 15 is 0 Å². The van der Waals surface area contributed by atoms with Crippen LogP contribution in [0.4, 0.5) is 10.1 Å². The van der Waals surface area contributed by atoms with Crippen molar-refractivity contribution >= 4 is 11.6 Å². The highest BCUT2D eigenvalue weighted by Gasteiger charge is 2.25. The summed E-state index contributed by atoms with van der Waals surface area (Å²) in [7, 11) is 0. The summed E-state index contributed by atoms with van der Waals surface area (Å²) >= 11 is 0. The molecule has 6 heteroatoms. The van der Waals surface area contributed by atoms with Gasteiger partial charge in [0, 0.05) is 24.9 Å². The van der Waals surface area contributed by atoms with Crippen molar-refractivity contribution < 1.29 is 14.1 Å². The van der Waals surface area contributed by atoms with Crippen molar-refractivity contribution in [3.63, 3.8) is 0 Å². The minimum Gasteiger partial charge on any atom is -0.355 e. The first kappa shape index (κ1) is 10.5. The fourth-order valence-corrected chi connectivity index (χ4v) is 1.77. The molecule has 0 aromatic heterocycles. The highest BCUT2D eigenvalue weighted by molar-refractivity contribution is 5.79. The zero-order chi connectivity index (χ0) is 11.7. The van der Waals surface area contributed by atoms with Gasteiger partial charge in [0.05, 0.1) is 4.92 Å². The molecule has 1 unspecified atom stereocenters. The lowest BCUT2D eigenvalue weighted by Gasteiger charge is -2.07. The third-order valence-corrected chi connectivity index (χ3v) is 2.62. The summed E-state index contributed by atoms with van der Waals surface area (Å²) in [6.07, 6.45) is 0.303. The summed E-state index contributed by atoms with van der Waals surface area (Å²) in [5, 5.41) is 13.0. The lowest BCUT2D eigenvalue weighted by Crippen LogP contribution is -2.13. The van der Waals surface area contributed by atoms with Crippen LogP contribution in [0, 0.1) is 15.9 Å². The molecule has 0 aliphatic carbocycles. The first-order valence-electron chi connectivity index (χ1n) is 4.78. The summed E-state index contributed by atoms with van der Waals surface area (Å²) in [4.78, 5) is 20.6. The van der Waals surface area contributed by atoms with Crippen molar-refractivity contribution in [2.75, 3.05) is 6.54 Å². The van der Waals surface area contributed by atoms with Crippen molar-refractivity contribution in [2.24, 2.45) is 0 Å². The van der Waals surface area contributed by atoms with Gasteiger partial charge in [-0.3, -0.25) is 14.9 Å². The summed E-state index contributed by atoms with van der Waals surface area (Å²) in [6.45, 7) is 0.454. The Bertz CT molecular complexity index is 461. The van der Waals surface area contributed by atoms with Gasteiger partial charge in [0.1, 0.15) is 0 Å². The second kappa shape index (κ2) is 3.88. The Hall–Kier alpha value is -1.98. The maximum absolute atomic E-state index is 13.3. The van der Waals surface area contributed by atoms with Crippen LogP contribution < -0.4 is 5.32 Å². The van der Waals surface area contributed by atoms with Crippen LogP contribution >= 0.6 is 0 Å². The van der Waals surface area contributed by atoms with Crippen LogP contribution in [0.1, 0.15) is 17.9 Å². The van der Waals surface area contributed by atoms with Crippen molar-refractivity contribution in [3.05, 3.63) is 39.7 Å². The average Bonchev–Trinajstić information content (AvgIpc) is 2.64. The lowest BCUT2D eigenvalue weighted by molar-refractivity contribution is -0.387. The molecule has 1 fully saturated rings. The van der Waals surface area contributed by atoms with Crippen LogP contribution in [0.15, 0.2) is 18.2 Å². The van der Waals surface area contributed by atoms with Crippen LogP contribution in [0.2, 0.25) is 0 Å². The van der Waals surface area contributed by atoms with Crippen LogP contribution in [0.25, 0.3) is 0 Å². The molecule has 5 nitrogen and oxygen atoms in total. The molecule has 0 radical (unpaired) electrons. The molecule has 1 N–H and O–H groups in total. The van der Waals surface area contributed by atoms with Gasteiger partial charge in [-0.15, -0.1) is 0 Å². The minimum atomic E-state index is -0.859. The Kier molecular flexibility index (Phi) is 2.55. The Morgan fingerprint density at radius 3 is 2.75 bits per heavy atom. The van der Waals surface area contributed by atoms with E-state index in [4.69, 9.17) is 0 Å². The number of amides is 1. The average molecular weight is 224 g/mol. The van der Waals surface area contributed by atoms with Gasteiger partial charge in [-0.2, -0.15) is 4.39 Å². The smallest absolute Gasteiger partial charge is 0.304 e. The van der Waals surface area contributed by atoms with Crippen molar-refractivity contribution in [1.82, 2.24) is 5.32 Å². The van der Waals surface area contributed by atoms with E-state index in [0.717, 1.165) is 12.1 Å². The molecule has 1 aromatic carbocycles. The molecule has 0 bridgehead atoms. The van der Waals surface area contributed by atoms with E-state index in [1.807, 2.05) is 0 Å². The molecular weight excluding hydrogens is 215 g/mol. The monoisotopic (exact) mass is 224 g/mol. The van der Waals surface area contributed by atoms with Gasteiger partial charge in [0.25, 0.3) is 0 Å². The second-order valence-electron chi connectivity index (χ2n) is 3.67. The van der Waals surface area contributed by atoms with E-state index < -0.39 is 16.4 Å². The van der Waals surface area contributed by atoms with Gasteiger partial charge >= 0.3 is 5.69 Å². The van der Waals surface area contributed by atoms with E-state index in [2.05, 4.69) is 5.32 Å². The summed E-state index contributed by atoms with van der Waals surface area (Å²) in [6, 6.07) is 3.75. The number of nitrogens with zero attached hydrogens (tertiary/aromatic N) is 1. The topological polar surface area (TPSA) is 72.2 Å². The zero-order valence-electron chi connectivity index (χ0n) is 8.27. The van der Waals surface area contributed by atoms with E-state index in [0.29, 0.717) is 18.5 Å². The highest BCUT2D eigenvalue weighted by atomic mass is 19.1. The van der Waals surface area contributed by atoms with E-state index in [9.17, 15) is 19.3 Å². The summed E-state index contributed by atoms with van der Waals surface area (Å²) < 4.78 is 13.3. The third kappa shape index (κ3) is 1.86. The Morgan fingerprint density at radius 1 is 1.50 bits per heavy atom. The molecule has 1 aromatic rings. The number of benzene rings is 1. The summed E-state index contributed by atoms with van der Waals surface area (Å²) in [5.41, 5.74) is 0.0717. The molecule has 1 saturated heterocycles. The highest BCUT2D eigenvalue weighted by Crippen LogP contribution is 2.26. The standard InChI is InChI=1S/C10H9FN2O3/c11-8-3-6(1-2-9(8)13(15)16)7-4-10(14)12-5-7/h1-3,7H,4-5H2,(H,12,14). The normalized spacial score (nSPS) is 19.6. The molecule has 0 spiro atoms. The molecule has 0 saturated carbocycles. The SMILES string of the molecule is O=C1CC(c2ccc([N+](=O)[O-])c(F)c2)CN1. The number of nitrogens with one attached hydrogen (secondary N) is 1. The predicted octanol–water partition coefficient (Wildman–Crippen LogP) is 1.34.